The molecule has 2 aliphatic rings. The number of likely N-dealkylation sites (tertiary alicyclic amines) is 1. The Bertz CT molecular complexity index is 1090. The monoisotopic (exact) mass is 444 g/mol. The third kappa shape index (κ3) is 5.07. The Hall–Kier alpha value is -2.84. The number of hydrogen-bond donors (Lipinski definition) is 2. The number of nitrogens with one attached hydrogen (secondary N) is 2. The first-order chi connectivity index (χ1) is 15.7. The average Bonchev–Trinajstić information content (AvgIpc) is 3.30. The van der Waals surface area contributed by atoms with Crippen LogP contribution in [-0.2, 0) is 5.54 Å². The quantitative estimate of drug-likeness (QED) is 0.560. The molecular formula is C28H36N4O. The molecule has 5 nitrogen and oxygen atoms in total. The molecule has 0 atom stereocenters. The molecule has 5 heteroatoms. The maximum atomic E-state index is 12.9. The van der Waals surface area contributed by atoms with E-state index in [0.717, 1.165) is 43.6 Å². The van der Waals surface area contributed by atoms with Crippen molar-refractivity contribution in [3.8, 4) is 12.3 Å². The smallest absolute Gasteiger partial charge is 0.291 e. The fraction of sp³-hybridized carbons (Fsp3) is 0.500. The van der Waals surface area contributed by atoms with Gasteiger partial charge in [-0.1, -0.05) is 32.4 Å². The summed E-state index contributed by atoms with van der Waals surface area (Å²) in [7, 11) is 0. The summed E-state index contributed by atoms with van der Waals surface area (Å²) in [5.74, 6) is 2.40. The van der Waals surface area contributed by atoms with E-state index in [0.29, 0.717) is 11.1 Å². The summed E-state index contributed by atoms with van der Waals surface area (Å²) in [6, 6.07) is 6.51. The second-order valence-corrected chi connectivity index (χ2v) is 10.7. The zero-order chi connectivity index (χ0) is 23.6. The number of hydrogen-bond acceptors (Lipinski definition) is 3. The van der Waals surface area contributed by atoms with Gasteiger partial charge in [-0.2, -0.15) is 0 Å². The highest BCUT2D eigenvalue weighted by Gasteiger charge is 2.31. The molecule has 174 valence electrons. The van der Waals surface area contributed by atoms with Crippen molar-refractivity contribution in [2.45, 2.75) is 71.8 Å². The number of carbonyl (C=O) groups is 1. The van der Waals surface area contributed by atoms with E-state index in [-0.39, 0.29) is 17.3 Å². The maximum Gasteiger partial charge on any atom is 0.291 e. The molecule has 0 saturated carbocycles. The number of amides is 1. The predicted molar refractivity (Wildman–Crippen MR) is 135 cm³/mol. The van der Waals surface area contributed by atoms with Crippen molar-refractivity contribution in [2.24, 2.45) is 5.41 Å². The standard InChI is InChI=1S/C28H36N4O/c1-6-22-19-29-25(30-22)26(33)31-24-11-10-21(28(4,5)32-16-8-7-9-17-32)18-23(24)20-12-14-27(2,3)15-13-20/h1,10-12,18-19H,7-9,13-17H2,2-5H3,(H,29,30)(H,31,33). The first-order valence-electron chi connectivity index (χ1n) is 12.1. The highest BCUT2D eigenvalue weighted by atomic mass is 16.2. The number of terminal acetylenes is 1. The van der Waals surface area contributed by atoms with Gasteiger partial charge in [0.05, 0.1) is 0 Å². The van der Waals surface area contributed by atoms with Gasteiger partial charge in [-0.15, -0.1) is 6.42 Å². The molecule has 1 saturated heterocycles. The van der Waals surface area contributed by atoms with Gasteiger partial charge in [-0.3, -0.25) is 9.69 Å². The Morgan fingerprint density at radius 1 is 1.24 bits per heavy atom. The lowest BCUT2D eigenvalue weighted by molar-refractivity contribution is 0.0943. The SMILES string of the molecule is C#Cc1c[nH]c(C(=O)Nc2ccc(C(C)(C)N3CCCCC3)cc2C2=CCC(C)(C)CC2)n1. The summed E-state index contributed by atoms with van der Waals surface area (Å²) in [5.41, 5.74) is 5.22. The molecule has 0 bridgehead atoms. The van der Waals surface area contributed by atoms with Gasteiger partial charge in [0.15, 0.2) is 5.82 Å². The fourth-order valence-electron chi connectivity index (χ4n) is 4.95. The Morgan fingerprint density at radius 3 is 2.64 bits per heavy atom. The minimum absolute atomic E-state index is 0.0606. The number of aromatic amines is 1. The second kappa shape index (κ2) is 9.19. The van der Waals surface area contributed by atoms with Gasteiger partial charge >= 0.3 is 0 Å². The zero-order valence-electron chi connectivity index (χ0n) is 20.4. The van der Waals surface area contributed by atoms with Crippen LogP contribution in [0.1, 0.15) is 93.7 Å². The largest absolute Gasteiger partial charge is 0.339 e. The van der Waals surface area contributed by atoms with Crippen LogP contribution in [0.2, 0.25) is 0 Å². The number of nitrogens with zero attached hydrogens (tertiary/aromatic N) is 2. The van der Waals surface area contributed by atoms with E-state index in [1.165, 1.54) is 30.4 Å². The molecule has 0 unspecified atom stereocenters. The normalized spacial score (nSPS) is 18.9. The van der Waals surface area contributed by atoms with E-state index >= 15 is 0 Å². The van der Waals surface area contributed by atoms with Gasteiger partial charge in [-0.25, -0.2) is 4.98 Å². The molecule has 1 amide bonds. The van der Waals surface area contributed by atoms with Crippen LogP contribution in [0.4, 0.5) is 5.69 Å². The molecule has 33 heavy (non-hydrogen) atoms. The van der Waals surface area contributed by atoms with Crippen LogP contribution in [0.3, 0.4) is 0 Å². The number of H-pyrrole nitrogens is 1. The van der Waals surface area contributed by atoms with Crippen molar-refractivity contribution in [1.82, 2.24) is 14.9 Å². The Kier molecular flexibility index (Phi) is 6.50. The summed E-state index contributed by atoms with van der Waals surface area (Å²) < 4.78 is 0. The molecule has 1 aliphatic heterocycles. The van der Waals surface area contributed by atoms with Crippen LogP contribution < -0.4 is 5.32 Å². The summed E-state index contributed by atoms with van der Waals surface area (Å²) >= 11 is 0. The van der Waals surface area contributed by atoms with E-state index in [2.05, 4.69) is 78.1 Å². The average molecular weight is 445 g/mol. The molecular weight excluding hydrogens is 408 g/mol. The van der Waals surface area contributed by atoms with Crippen molar-refractivity contribution in [2.75, 3.05) is 18.4 Å². The molecule has 1 aromatic heterocycles. The van der Waals surface area contributed by atoms with E-state index in [1.54, 1.807) is 6.20 Å². The van der Waals surface area contributed by atoms with Crippen molar-refractivity contribution in [3.05, 3.63) is 53.1 Å². The Morgan fingerprint density at radius 2 is 2.00 bits per heavy atom. The fourth-order valence-corrected chi connectivity index (χ4v) is 4.95. The number of carbonyl (C=O) groups excluding carboxylic acids is 1. The number of allylic oxidation sites excluding steroid dienone is 2. The third-order valence-corrected chi connectivity index (χ3v) is 7.38. The third-order valence-electron chi connectivity index (χ3n) is 7.38. The summed E-state index contributed by atoms with van der Waals surface area (Å²) in [4.78, 5) is 22.6. The van der Waals surface area contributed by atoms with Crippen LogP contribution in [0.15, 0.2) is 30.5 Å². The van der Waals surface area contributed by atoms with Crippen molar-refractivity contribution in [3.63, 3.8) is 0 Å². The Balaban J connectivity index is 1.69. The summed E-state index contributed by atoms with van der Waals surface area (Å²) in [6.45, 7) is 11.5. The van der Waals surface area contributed by atoms with Gasteiger partial charge in [-0.05, 0) is 93.6 Å². The van der Waals surface area contributed by atoms with E-state index in [9.17, 15) is 4.79 Å². The van der Waals surface area contributed by atoms with Crippen LogP contribution in [0.5, 0.6) is 0 Å². The summed E-state index contributed by atoms with van der Waals surface area (Å²) in [6.07, 6.45) is 16.3. The number of aromatic nitrogens is 2. The molecule has 4 rings (SSSR count). The van der Waals surface area contributed by atoms with Gasteiger partial charge < -0.3 is 10.3 Å². The highest BCUT2D eigenvalue weighted by molar-refractivity contribution is 6.03. The number of piperidine rings is 1. The van der Waals surface area contributed by atoms with E-state index < -0.39 is 0 Å². The minimum Gasteiger partial charge on any atom is -0.339 e. The lowest BCUT2D eigenvalue weighted by atomic mass is 9.76. The number of benzene rings is 1. The van der Waals surface area contributed by atoms with Gasteiger partial charge in [0.25, 0.3) is 5.91 Å². The molecule has 2 aromatic rings. The lowest BCUT2D eigenvalue weighted by Crippen LogP contribution is -2.44. The molecule has 1 aliphatic carbocycles. The van der Waals surface area contributed by atoms with Crippen molar-refractivity contribution < 1.29 is 4.79 Å². The second-order valence-electron chi connectivity index (χ2n) is 10.7. The van der Waals surface area contributed by atoms with Gasteiger partial charge in [0.1, 0.15) is 5.69 Å². The van der Waals surface area contributed by atoms with Gasteiger partial charge in [0.2, 0.25) is 0 Å². The predicted octanol–water partition coefficient (Wildman–Crippen LogP) is 5.96. The van der Waals surface area contributed by atoms with Crippen LogP contribution in [0.25, 0.3) is 5.57 Å². The molecule has 1 aromatic carbocycles. The van der Waals surface area contributed by atoms with E-state index in [1.807, 2.05) is 0 Å². The number of anilines is 1. The highest BCUT2D eigenvalue weighted by Crippen LogP contribution is 2.41. The molecule has 0 spiro atoms. The molecule has 1 fully saturated rings. The first-order valence-corrected chi connectivity index (χ1v) is 12.1. The zero-order valence-corrected chi connectivity index (χ0v) is 20.4. The van der Waals surface area contributed by atoms with Gasteiger partial charge in [0, 0.05) is 23.0 Å². The number of imidazole rings is 1. The maximum absolute atomic E-state index is 12.9. The molecule has 2 heterocycles. The topological polar surface area (TPSA) is 61.0 Å². The number of rotatable bonds is 5. The minimum atomic E-state index is -0.280. The van der Waals surface area contributed by atoms with E-state index in [4.69, 9.17) is 6.42 Å². The van der Waals surface area contributed by atoms with Crippen molar-refractivity contribution >= 4 is 17.2 Å². The Labute approximate surface area is 198 Å². The first kappa shape index (κ1) is 23.3. The van der Waals surface area contributed by atoms with Crippen LogP contribution in [-0.4, -0.2) is 33.9 Å². The van der Waals surface area contributed by atoms with Crippen LogP contribution >= 0.6 is 0 Å². The van der Waals surface area contributed by atoms with Crippen molar-refractivity contribution in [1.29, 1.82) is 0 Å². The van der Waals surface area contributed by atoms with Crippen LogP contribution in [0, 0.1) is 17.8 Å². The lowest BCUT2D eigenvalue weighted by Gasteiger charge is -2.42. The summed E-state index contributed by atoms with van der Waals surface area (Å²) in [5, 5.41) is 3.08. The molecule has 0 radical (unpaired) electrons. The molecule has 2 N–H and O–H groups in total.